The number of unbranched alkanes of at least 4 members (excludes halogenated alkanes) is 5. The highest BCUT2D eigenvalue weighted by Gasteiger charge is 2.17. The molecule has 0 radical (unpaired) electrons. The summed E-state index contributed by atoms with van der Waals surface area (Å²) in [5.74, 6) is 0. The third-order valence-corrected chi connectivity index (χ3v) is 3.44. The first-order valence-corrected chi connectivity index (χ1v) is 7.21. The maximum atomic E-state index is 11.2. The zero-order valence-electron chi connectivity index (χ0n) is 9.96. The summed E-state index contributed by atoms with van der Waals surface area (Å²) >= 11 is 0. The van der Waals surface area contributed by atoms with Gasteiger partial charge in [-0.3, -0.25) is 0 Å². The van der Waals surface area contributed by atoms with Gasteiger partial charge in [0.1, 0.15) is 6.07 Å². The van der Waals surface area contributed by atoms with Crippen molar-refractivity contribution in [3.63, 3.8) is 0 Å². The van der Waals surface area contributed by atoms with Gasteiger partial charge in [0.2, 0.25) is 5.45 Å². The molecule has 0 aliphatic carbocycles. The normalized spacial score (nSPS) is 15.2. The summed E-state index contributed by atoms with van der Waals surface area (Å²) in [6.07, 6.45) is 6.01. The molecule has 7 heteroatoms. The molecule has 17 heavy (non-hydrogen) atoms. The Hall–Kier alpha value is -0.890. The van der Waals surface area contributed by atoms with Crippen LogP contribution in [0.15, 0.2) is 5.16 Å². The lowest BCUT2D eigenvalue weighted by Gasteiger charge is -2.19. The van der Waals surface area contributed by atoms with Crippen LogP contribution in [0, 0.1) is 11.3 Å². The number of oxime groups is 1. The van der Waals surface area contributed by atoms with Crippen molar-refractivity contribution >= 4 is 13.0 Å². The Labute approximate surface area is 101 Å². The molecule has 0 saturated carbocycles. The van der Waals surface area contributed by atoms with Gasteiger partial charge in [0.15, 0.2) is 7.60 Å². The van der Waals surface area contributed by atoms with Gasteiger partial charge in [0, 0.05) is 0 Å². The van der Waals surface area contributed by atoms with E-state index in [-0.39, 0.29) is 6.61 Å². The highest BCUT2D eigenvalue weighted by Crippen LogP contribution is 2.38. The van der Waals surface area contributed by atoms with E-state index in [1.165, 1.54) is 12.5 Å². The van der Waals surface area contributed by atoms with E-state index in [9.17, 15) is 9.46 Å². The fourth-order valence-corrected chi connectivity index (χ4v) is 1.99. The highest BCUT2D eigenvalue weighted by molar-refractivity contribution is 7.71. The third-order valence-electron chi connectivity index (χ3n) is 2.21. The monoisotopic (exact) mass is 261 g/mol. The van der Waals surface area contributed by atoms with Crippen LogP contribution in [0.3, 0.4) is 0 Å². The van der Waals surface area contributed by atoms with Crippen LogP contribution >= 0.6 is 7.60 Å². The maximum Gasteiger partial charge on any atom is 0.227 e. The molecule has 0 bridgehead atoms. The molecule has 0 heterocycles. The lowest BCUT2D eigenvalue weighted by molar-refractivity contribution is -0.192. The second-order valence-electron chi connectivity index (χ2n) is 3.63. The number of hydrogen-bond donors (Lipinski definition) is 1. The van der Waals surface area contributed by atoms with Gasteiger partial charge in [0.25, 0.3) is 0 Å². The molecule has 0 fully saturated rings. The molecule has 98 valence electrons. The zero-order valence-corrected chi connectivity index (χ0v) is 10.9. The van der Waals surface area contributed by atoms with E-state index in [1.54, 1.807) is 0 Å². The van der Waals surface area contributed by atoms with Crippen molar-refractivity contribution in [3.8, 4) is 6.07 Å². The summed E-state index contributed by atoms with van der Waals surface area (Å²) in [5, 5.41) is 19.0. The van der Waals surface area contributed by atoms with E-state index in [1.807, 2.05) is 0 Å². The van der Waals surface area contributed by atoms with Gasteiger partial charge in [-0.1, -0.05) is 44.2 Å². The minimum Gasteiger partial charge on any atom is -0.773 e. The van der Waals surface area contributed by atoms with Crippen molar-refractivity contribution in [1.29, 1.82) is 5.26 Å². The molecule has 0 spiro atoms. The van der Waals surface area contributed by atoms with Crippen molar-refractivity contribution < 1.29 is 19.2 Å². The van der Waals surface area contributed by atoms with Gasteiger partial charge in [-0.15, -0.1) is 0 Å². The largest absolute Gasteiger partial charge is 0.773 e. The second kappa shape index (κ2) is 9.17. The first kappa shape index (κ1) is 16.1. The topological polar surface area (TPSA) is 106 Å². The summed E-state index contributed by atoms with van der Waals surface area (Å²) in [7, 11) is -4.48. The van der Waals surface area contributed by atoms with E-state index in [0.717, 1.165) is 25.7 Å². The molecule has 0 amide bonds. The van der Waals surface area contributed by atoms with E-state index in [2.05, 4.69) is 16.6 Å². The summed E-state index contributed by atoms with van der Waals surface area (Å²) in [6, 6.07) is 1.26. The van der Waals surface area contributed by atoms with Crippen LogP contribution in [0.4, 0.5) is 0 Å². The number of nitrogens with zero attached hydrogens (tertiary/aromatic N) is 2. The predicted octanol–water partition coefficient (Wildman–Crippen LogP) is 2.23. The van der Waals surface area contributed by atoms with Crippen molar-refractivity contribution in [2.24, 2.45) is 5.16 Å². The average Bonchev–Trinajstić information content (AvgIpc) is 2.29. The Bertz CT molecular complexity index is 325. The maximum absolute atomic E-state index is 11.2. The van der Waals surface area contributed by atoms with Crippen molar-refractivity contribution in [2.45, 2.75) is 45.4 Å². The summed E-state index contributed by atoms with van der Waals surface area (Å²) in [4.78, 5) is 11.2. The van der Waals surface area contributed by atoms with Crippen LogP contribution in [0.2, 0.25) is 0 Å². The van der Waals surface area contributed by atoms with Gasteiger partial charge < -0.3 is 19.2 Å². The second-order valence-corrected chi connectivity index (χ2v) is 5.31. The first-order chi connectivity index (χ1) is 8.08. The van der Waals surface area contributed by atoms with Crippen molar-refractivity contribution in [1.82, 2.24) is 0 Å². The minimum atomic E-state index is -4.48. The molecule has 0 aromatic carbocycles. The molecule has 0 saturated heterocycles. The number of hydrogen-bond acceptors (Lipinski definition) is 6. The highest BCUT2D eigenvalue weighted by atomic mass is 31.2. The Kier molecular flexibility index (Phi) is 8.69. The fourth-order valence-electron chi connectivity index (χ4n) is 1.27. The van der Waals surface area contributed by atoms with E-state index >= 15 is 0 Å². The predicted molar refractivity (Wildman–Crippen MR) is 61.8 cm³/mol. The van der Waals surface area contributed by atoms with Crippen LogP contribution in [0.1, 0.15) is 45.4 Å². The number of nitriles is 1. The molecule has 1 unspecified atom stereocenters. The molecule has 0 aliphatic heterocycles. The minimum absolute atomic E-state index is 0.0214. The van der Waals surface area contributed by atoms with Crippen LogP contribution in [0.25, 0.3) is 0 Å². The lowest BCUT2D eigenvalue weighted by atomic mass is 10.1. The van der Waals surface area contributed by atoms with Crippen LogP contribution in [-0.2, 0) is 9.09 Å². The smallest absolute Gasteiger partial charge is 0.227 e. The Morgan fingerprint density at radius 1 is 1.41 bits per heavy atom. The molecule has 0 rings (SSSR count). The molecular formula is C10H18N2O4P-. The Morgan fingerprint density at radius 2 is 2.00 bits per heavy atom. The standard InChI is InChI=1S/C10H19N2O4P/c1-2-3-4-5-6-7-8-16-17(14,15)10(9-11)12-13/h13H,2-8H2,1H3,(H,14,15)/p-1/b12-10+. The molecule has 0 aromatic rings. The zero-order chi connectivity index (χ0) is 13.1. The molecule has 1 N–H and O–H groups in total. The van der Waals surface area contributed by atoms with Gasteiger partial charge in [0.05, 0.1) is 6.61 Å². The first-order valence-electron chi connectivity index (χ1n) is 5.66. The third kappa shape index (κ3) is 7.11. The van der Waals surface area contributed by atoms with E-state index in [0.29, 0.717) is 6.42 Å². The summed E-state index contributed by atoms with van der Waals surface area (Å²) in [5.41, 5.74) is -0.983. The number of rotatable bonds is 9. The molecule has 0 aromatic heterocycles. The molecule has 0 aliphatic rings. The van der Waals surface area contributed by atoms with Gasteiger partial charge in [-0.05, 0) is 6.42 Å². The summed E-state index contributed by atoms with van der Waals surface area (Å²) < 4.78 is 15.8. The van der Waals surface area contributed by atoms with Crippen LogP contribution in [-0.4, -0.2) is 17.3 Å². The van der Waals surface area contributed by atoms with Crippen molar-refractivity contribution in [3.05, 3.63) is 0 Å². The van der Waals surface area contributed by atoms with Gasteiger partial charge in [-0.2, -0.15) is 5.26 Å². The fraction of sp³-hybridized carbons (Fsp3) is 0.800. The Morgan fingerprint density at radius 3 is 2.53 bits per heavy atom. The summed E-state index contributed by atoms with van der Waals surface area (Å²) in [6.45, 7) is 2.14. The van der Waals surface area contributed by atoms with E-state index in [4.69, 9.17) is 10.5 Å². The quantitative estimate of drug-likeness (QED) is 0.225. The Balaban J connectivity index is 3.75. The SMILES string of the molecule is CCCCCCCCOP(=O)([O-])/C(C#N)=N/O. The molecule has 1 atom stereocenters. The van der Waals surface area contributed by atoms with Crippen LogP contribution in [0.5, 0.6) is 0 Å². The average molecular weight is 261 g/mol. The van der Waals surface area contributed by atoms with Crippen molar-refractivity contribution in [2.75, 3.05) is 6.61 Å². The van der Waals surface area contributed by atoms with Gasteiger partial charge >= 0.3 is 0 Å². The van der Waals surface area contributed by atoms with E-state index < -0.39 is 13.0 Å². The molecule has 6 nitrogen and oxygen atoms in total. The van der Waals surface area contributed by atoms with Gasteiger partial charge in [-0.25, -0.2) is 0 Å². The van der Waals surface area contributed by atoms with Crippen LogP contribution < -0.4 is 4.89 Å². The lowest BCUT2D eigenvalue weighted by Crippen LogP contribution is -2.13. The molecular weight excluding hydrogens is 243 g/mol.